The van der Waals surface area contributed by atoms with Crippen LogP contribution in [-0.2, 0) is 0 Å². The van der Waals surface area contributed by atoms with Gasteiger partial charge in [-0.25, -0.2) is 4.39 Å². The van der Waals surface area contributed by atoms with Gasteiger partial charge in [-0.3, -0.25) is 0 Å². The summed E-state index contributed by atoms with van der Waals surface area (Å²) < 4.78 is 18.3. The average molecular weight is 253 g/mol. The highest BCUT2D eigenvalue weighted by Crippen LogP contribution is 2.28. The van der Waals surface area contributed by atoms with Gasteiger partial charge in [-0.2, -0.15) is 0 Å². The lowest BCUT2D eigenvalue weighted by atomic mass is 10.2. The van der Waals surface area contributed by atoms with Gasteiger partial charge in [0.2, 0.25) is 0 Å². The number of hydrogen-bond donors (Lipinski definition) is 2. The Morgan fingerprint density at radius 1 is 1.50 bits per heavy atom. The topological polar surface area (TPSA) is 50.5 Å². The number of halogens is 1. The molecule has 1 aromatic carbocycles. The average Bonchev–Trinajstić information content (AvgIpc) is 3.15. The molecule has 5 heteroatoms. The van der Waals surface area contributed by atoms with E-state index in [-0.39, 0.29) is 5.75 Å². The van der Waals surface area contributed by atoms with E-state index in [1.807, 2.05) is 0 Å². The molecule has 0 unspecified atom stereocenters. The first-order valence-electron chi connectivity index (χ1n) is 6.19. The molecule has 1 saturated carbocycles. The van der Waals surface area contributed by atoms with Crippen molar-refractivity contribution in [3.05, 3.63) is 17.9 Å². The van der Waals surface area contributed by atoms with Crippen molar-refractivity contribution in [2.75, 3.05) is 38.3 Å². The van der Waals surface area contributed by atoms with Crippen LogP contribution in [-0.4, -0.2) is 38.2 Å². The Morgan fingerprint density at radius 2 is 2.22 bits per heavy atom. The van der Waals surface area contributed by atoms with Crippen molar-refractivity contribution in [1.29, 1.82) is 0 Å². The zero-order valence-electron chi connectivity index (χ0n) is 10.9. The van der Waals surface area contributed by atoms with Gasteiger partial charge >= 0.3 is 0 Å². The third-order valence-corrected chi connectivity index (χ3v) is 3.27. The van der Waals surface area contributed by atoms with Crippen molar-refractivity contribution in [2.24, 2.45) is 0 Å². The van der Waals surface area contributed by atoms with Crippen molar-refractivity contribution < 1.29 is 9.13 Å². The Morgan fingerprint density at radius 3 is 2.83 bits per heavy atom. The zero-order chi connectivity index (χ0) is 13.1. The molecule has 1 aliphatic carbocycles. The van der Waals surface area contributed by atoms with Crippen LogP contribution in [0.25, 0.3) is 0 Å². The Kier molecular flexibility index (Phi) is 3.91. The number of anilines is 2. The van der Waals surface area contributed by atoms with Crippen LogP contribution in [0.2, 0.25) is 0 Å². The number of ether oxygens (including phenoxy) is 1. The van der Waals surface area contributed by atoms with Crippen LogP contribution in [0.15, 0.2) is 12.1 Å². The van der Waals surface area contributed by atoms with Crippen LogP contribution in [0.5, 0.6) is 5.75 Å². The summed E-state index contributed by atoms with van der Waals surface area (Å²) in [6.07, 6.45) is 2.59. The molecule has 1 aliphatic rings. The number of nitrogens with zero attached hydrogens (tertiary/aromatic N) is 1. The predicted octanol–water partition coefficient (Wildman–Crippen LogP) is 1.92. The highest BCUT2D eigenvalue weighted by atomic mass is 19.1. The molecule has 0 amide bonds. The van der Waals surface area contributed by atoms with E-state index in [0.717, 1.165) is 24.8 Å². The maximum absolute atomic E-state index is 13.4. The molecule has 0 radical (unpaired) electrons. The third-order valence-electron chi connectivity index (χ3n) is 3.27. The first-order chi connectivity index (χ1) is 8.61. The summed E-state index contributed by atoms with van der Waals surface area (Å²) in [5.74, 6) is -0.224. The zero-order valence-corrected chi connectivity index (χ0v) is 10.9. The maximum atomic E-state index is 13.4. The number of benzene rings is 1. The fraction of sp³-hybridized carbons (Fsp3) is 0.538. The van der Waals surface area contributed by atoms with E-state index in [1.54, 1.807) is 6.07 Å². The van der Waals surface area contributed by atoms with Crippen molar-refractivity contribution in [2.45, 2.75) is 18.9 Å². The Bertz CT molecular complexity index is 421. The standard InChI is InChI=1S/C13H20FN3O/c1-17(9-3-4-9)6-5-16-12-8-13(18-2)10(14)7-11(12)15/h7-9,16H,3-6,15H2,1-2H3. The quantitative estimate of drug-likeness (QED) is 0.761. The van der Waals surface area contributed by atoms with Gasteiger partial charge in [0.25, 0.3) is 0 Å². The smallest absolute Gasteiger partial charge is 0.167 e. The molecule has 0 bridgehead atoms. The molecular weight excluding hydrogens is 233 g/mol. The minimum atomic E-state index is -0.435. The third kappa shape index (κ3) is 3.04. The van der Waals surface area contributed by atoms with E-state index in [4.69, 9.17) is 10.5 Å². The summed E-state index contributed by atoms with van der Waals surface area (Å²) in [4.78, 5) is 2.32. The molecule has 0 atom stereocenters. The second-order valence-electron chi connectivity index (χ2n) is 4.71. The largest absolute Gasteiger partial charge is 0.494 e. The molecule has 18 heavy (non-hydrogen) atoms. The normalized spacial score (nSPS) is 14.9. The lowest BCUT2D eigenvalue weighted by Gasteiger charge is -2.17. The minimum absolute atomic E-state index is 0.210. The van der Waals surface area contributed by atoms with Crippen molar-refractivity contribution in [3.63, 3.8) is 0 Å². The first kappa shape index (κ1) is 13.0. The van der Waals surface area contributed by atoms with E-state index in [0.29, 0.717) is 5.69 Å². The second-order valence-corrected chi connectivity index (χ2v) is 4.71. The summed E-state index contributed by atoms with van der Waals surface area (Å²) in [7, 11) is 3.56. The molecular formula is C13H20FN3O. The SMILES string of the molecule is COc1cc(NCCN(C)C2CC2)c(N)cc1F. The van der Waals surface area contributed by atoms with Crippen molar-refractivity contribution >= 4 is 11.4 Å². The molecule has 4 nitrogen and oxygen atoms in total. The van der Waals surface area contributed by atoms with Crippen molar-refractivity contribution in [3.8, 4) is 5.75 Å². The summed E-state index contributed by atoms with van der Waals surface area (Å²) in [6, 6.07) is 3.63. The van der Waals surface area contributed by atoms with Gasteiger partial charge in [-0.05, 0) is 19.9 Å². The molecule has 0 aliphatic heterocycles. The second kappa shape index (κ2) is 5.44. The molecule has 2 rings (SSSR count). The number of hydrogen-bond acceptors (Lipinski definition) is 4. The van der Waals surface area contributed by atoms with Gasteiger partial charge in [-0.15, -0.1) is 0 Å². The van der Waals surface area contributed by atoms with E-state index in [9.17, 15) is 4.39 Å². The van der Waals surface area contributed by atoms with Crippen LogP contribution in [0.3, 0.4) is 0 Å². The Hall–Kier alpha value is -1.49. The van der Waals surface area contributed by atoms with Gasteiger partial charge in [-0.1, -0.05) is 0 Å². The first-order valence-corrected chi connectivity index (χ1v) is 6.19. The molecule has 0 aromatic heterocycles. The Labute approximate surface area is 107 Å². The Balaban J connectivity index is 1.91. The van der Waals surface area contributed by atoms with Crippen LogP contribution >= 0.6 is 0 Å². The summed E-state index contributed by atoms with van der Waals surface area (Å²) in [6.45, 7) is 1.73. The molecule has 0 spiro atoms. The molecule has 3 N–H and O–H groups in total. The van der Waals surface area contributed by atoms with E-state index in [1.165, 1.54) is 26.0 Å². The lowest BCUT2D eigenvalue weighted by Crippen LogP contribution is -2.27. The van der Waals surface area contributed by atoms with Crippen LogP contribution in [0.1, 0.15) is 12.8 Å². The van der Waals surface area contributed by atoms with Crippen LogP contribution in [0, 0.1) is 5.82 Å². The number of nitrogen functional groups attached to an aromatic ring is 1. The fourth-order valence-electron chi connectivity index (χ4n) is 1.94. The molecule has 1 fully saturated rings. The fourth-order valence-corrected chi connectivity index (χ4v) is 1.94. The summed E-state index contributed by atoms with van der Waals surface area (Å²) in [5.41, 5.74) is 6.89. The van der Waals surface area contributed by atoms with E-state index >= 15 is 0 Å². The van der Waals surface area contributed by atoms with E-state index in [2.05, 4.69) is 17.3 Å². The summed E-state index contributed by atoms with van der Waals surface area (Å²) >= 11 is 0. The molecule has 1 aromatic rings. The predicted molar refractivity (Wildman–Crippen MR) is 71.5 cm³/mol. The number of nitrogens with two attached hydrogens (primary N) is 1. The monoisotopic (exact) mass is 253 g/mol. The number of likely N-dealkylation sites (N-methyl/N-ethyl adjacent to an activating group) is 1. The maximum Gasteiger partial charge on any atom is 0.167 e. The number of methoxy groups -OCH3 is 1. The van der Waals surface area contributed by atoms with Gasteiger partial charge in [0.15, 0.2) is 11.6 Å². The molecule has 100 valence electrons. The minimum Gasteiger partial charge on any atom is -0.494 e. The van der Waals surface area contributed by atoms with E-state index < -0.39 is 5.82 Å². The highest BCUT2D eigenvalue weighted by molar-refractivity contribution is 5.68. The highest BCUT2D eigenvalue weighted by Gasteiger charge is 2.25. The molecule has 0 heterocycles. The van der Waals surface area contributed by atoms with Crippen LogP contribution < -0.4 is 15.8 Å². The van der Waals surface area contributed by atoms with Gasteiger partial charge in [0.1, 0.15) is 0 Å². The lowest BCUT2D eigenvalue weighted by molar-refractivity contribution is 0.337. The van der Waals surface area contributed by atoms with Gasteiger partial charge < -0.3 is 20.7 Å². The van der Waals surface area contributed by atoms with Gasteiger partial charge in [0.05, 0.1) is 18.5 Å². The number of rotatable bonds is 6. The molecule has 0 saturated heterocycles. The number of nitrogens with one attached hydrogen (secondary N) is 1. The van der Waals surface area contributed by atoms with Gasteiger partial charge in [0, 0.05) is 31.3 Å². The van der Waals surface area contributed by atoms with Crippen LogP contribution in [0.4, 0.5) is 15.8 Å². The summed E-state index contributed by atoms with van der Waals surface area (Å²) in [5, 5.41) is 3.22. The van der Waals surface area contributed by atoms with Crippen molar-refractivity contribution in [1.82, 2.24) is 4.90 Å².